The first-order valence-corrected chi connectivity index (χ1v) is 13.7. The molecule has 8 heteroatoms. The molecule has 0 aromatic heterocycles. The van der Waals surface area contributed by atoms with Crippen molar-refractivity contribution in [1.82, 2.24) is 20.0 Å². The van der Waals surface area contributed by atoms with Crippen molar-refractivity contribution < 1.29 is 19.1 Å². The Bertz CT molecular complexity index is 1450. The van der Waals surface area contributed by atoms with Crippen LogP contribution in [-0.4, -0.2) is 65.3 Å². The van der Waals surface area contributed by atoms with Crippen molar-refractivity contribution in [2.75, 3.05) is 26.7 Å². The largest absolute Gasteiger partial charge is 0.457 e. The lowest BCUT2D eigenvalue weighted by molar-refractivity contribution is -0.142. The van der Waals surface area contributed by atoms with Crippen molar-refractivity contribution in [2.45, 2.75) is 31.3 Å². The van der Waals surface area contributed by atoms with Gasteiger partial charge in [0.15, 0.2) is 0 Å². The van der Waals surface area contributed by atoms with Crippen LogP contribution in [0.15, 0.2) is 96.2 Å². The van der Waals surface area contributed by atoms with Crippen LogP contribution in [0.2, 0.25) is 0 Å². The van der Waals surface area contributed by atoms with E-state index in [-0.39, 0.29) is 24.4 Å². The molecule has 3 aromatic rings. The molecule has 0 saturated carbocycles. The Morgan fingerprint density at radius 3 is 2.33 bits per heavy atom. The van der Waals surface area contributed by atoms with Gasteiger partial charge in [-0.05, 0) is 48.2 Å². The van der Waals surface area contributed by atoms with Crippen molar-refractivity contribution in [3.05, 3.63) is 107 Å². The number of ether oxygens (including phenoxy) is 1. The number of para-hydroxylation sites is 1. The number of hydrogen-bond donors (Lipinski definition) is 1. The molecule has 204 valence electrons. The fraction of sp³-hybridized carbons (Fsp3) is 0.281. The van der Waals surface area contributed by atoms with Gasteiger partial charge in [-0.1, -0.05) is 60.7 Å². The summed E-state index contributed by atoms with van der Waals surface area (Å²) in [6.45, 7) is 1.61. The summed E-state index contributed by atoms with van der Waals surface area (Å²) in [6, 6.07) is 25.1. The SMILES string of the molecule is CN1C(=O)NC(c2cccc(Oc3ccccc3)c2)C2=C1CN(C(Cc1ccccc1)C(=O)N1CCCC1)C2=O. The zero-order valence-corrected chi connectivity index (χ0v) is 22.5. The monoisotopic (exact) mass is 536 g/mol. The molecule has 0 spiro atoms. The van der Waals surface area contributed by atoms with Crippen LogP contribution in [0.25, 0.3) is 0 Å². The maximum absolute atomic E-state index is 14.2. The third-order valence-corrected chi connectivity index (χ3v) is 7.91. The van der Waals surface area contributed by atoms with E-state index in [1.165, 1.54) is 4.90 Å². The molecule has 3 aliphatic heterocycles. The Morgan fingerprint density at radius 2 is 1.60 bits per heavy atom. The number of carbonyl (C=O) groups is 3. The highest BCUT2D eigenvalue weighted by Crippen LogP contribution is 2.38. The first-order chi connectivity index (χ1) is 19.5. The summed E-state index contributed by atoms with van der Waals surface area (Å²) in [7, 11) is 1.67. The van der Waals surface area contributed by atoms with Crippen LogP contribution in [0, 0.1) is 0 Å². The number of benzene rings is 3. The standard InChI is InChI=1S/C32H32N4O4/c1-34-27-21-36(26(19-22-11-4-2-5-12-22)30(37)35-17-8-9-18-35)31(38)28(27)29(33-32(34)39)23-13-10-16-25(20-23)40-24-14-6-3-7-15-24/h2-7,10-16,20,26,29H,8-9,17-19,21H2,1H3,(H,33,39). The number of urea groups is 1. The first-order valence-electron chi connectivity index (χ1n) is 13.7. The smallest absolute Gasteiger partial charge is 0.322 e. The van der Waals surface area contributed by atoms with Gasteiger partial charge in [-0.15, -0.1) is 0 Å². The van der Waals surface area contributed by atoms with Crippen LogP contribution >= 0.6 is 0 Å². The molecule has 40 heavy (non-hydrogen) atoms. The second-order valence-corrected chi connectivity index (χ2v) is 10.5. The van der Waals surface area contributed by atoms with Gasteiger partial charge in [0.1, 0.15) is 17.5 Å². The lowest BCUT2D eigenvalue weighted by Gasteiger charge is -2.31. The average Bonchev–Trinajstić information content (AvgIpc) is 3.64. The predicted molar refractivity (Wildman–Crippen MR) is 150 cm³/mol. The zero-order chi connectivity index (χ0) is 27.6. The van der Waals surface area contributed by atoms with E-state index < -0.39 is 12.1 Å². The molecule has 2 unspecified atom stereocenters. The molecule has 0 radical (unpaired) electrons. The minimum absolute atomic E-state index is 0.0358. The van der Waals surface area contributed by atoms with Gasteiger partial charge in [-0.3, -0.25) is 14.5 Å². The molecular weight excluding hydrogens is 504 g/mol. The number of likely N-dealkylation sites (tertiary alicyclic amines) is 1. The number of rotatable bonds is 7. The fourth-order valence-electron chi connectivity index (χ4n) is 5.79. The molecule has 3 aromatic carbocycles. The van der Waals surface area contributed by atoms with E-state index in [0.29, 0.717) is 42.3 Å². The normalized spacial score (nSPS) is 19.5. The van der Waals surface area contributed by atoms with Gasteiger partial charge in [0.25, 0.3) is 5.91 Å². The van der Waals surface area contributed by atoms with Crippen LogP contribution in [0.5, 0.6) is 11.5 Å². The van der Waals surface area contributed by atoms with Gasteiger partial charge < -0.3 is 19.9 Å². The Morgan fingerprint density at radius 1 is 0.925 bits per heavy atom. The quantitative estimate of drug-likeness (QED) is 0.482. The van der Waals surface area contributed by atoms with Crippen molar-refractivity contribution in [1.29, 1.82) is 0 Å². The van der Waals surface area contributed by atoms with Crippen LogP contribution in [0.1, 0.15) is 30.0 Å². The molecule has 3 aliphatic rings. The molecule has 4 amide bonds. The van der Waals surface area contributed by atoms with Gasteiger partial charge in [-0.2, -0.15) is 0 Å². The molecule has 6 rings (SSSR count). The predicted octanol–water partition coefficient (Wildman–Crippen LogP) is 4.51. The van der Waals surface area contributed by atoms with Gasteiger partial charge in [0.2, 0.25) is 5.91 Å². The van der Waals surface area contributed by atoms with Gasteiger partial charge in [-0.25, -0.2) is 4.79 Å². The first kappa shape index (κ1) is 25.7. The summed E-state index contributed by atoms with van der Waals surface area (Å²) in [5, 5.41) is 3.00. The summed E-state index contributed by atoms with van der Waals surface area (Å²) in [5.41, 5.74) is 2.84. The Balaban J connectivity index is 1.32. The summed E-state index contributed by atoms with van der Waals surface area (Å²) in [4.78, 5) is 46.1. The van der Waals surface area contributed by atoms with Crippen molar-refractivity contribution in [3.63, 3.8) is 0 Å². The fourth-order valence-corrected chi connectivity index (χ4v) is 5.79. The number of likely N-dealkylation sites (N-methyl/N-ethyl adjacent to an activating group) is 1. The minimum Gasteiger partial charge on any atom is -0.457 e. The summed E-state index contributed by atoms with van der Waals surface area (Å²) < 4.78 is 6.03. The topological polar surface area (TPSA) is 82.2 Å². The van der Waals surface area contributed by atoms with E-state index in [0.717, 1.165) is 24.0 Å². The molecule has 3 heterocycles. The van der Waals surface area contributed by atoms with Gasteiger partial charge >= 0.3 is 6.03 Å². The maximum atomic E-state index is 14.2. The van der Waals surface area contributed by atoms with Crippen molar-refractivity contribution >= 4 is 17.8 Å². The molecular formula is C32H32N4O4. The van der Waals surface area contributed by atoms with Crippen LogP contribution < -0.4 is 10.1 Å². The maximum Gasteiger partial charge on any atom is 0.322 e. The van der Waals surface area contributed by atoms with E-state index in [4.69, 9.17) is 4.74 Å². The lowest BCUT2D eigenvalue weighted by Crippen LogP contribution is -2.50. The highest BCUT2D eigenvalue weighted by molar-refractivity contribution is 6.03. The highest BCUT2D eigenvalue weighted by atomic mass is 16.5. The van der Waals surface area contributed by atoms with E-state index in [1.54, 1.807) is 11.9 Å². The minimum atomic E-state index is -0.658. The molecule has 0 bridgehead atoms. The van der Waals surface area contributed by atoms with Gasteiger partial charge in [0.05, 0.1) is 23.9 Å². The Labute approximate surface area is 233 Å². The van der Waals surface area contributed by atoms with E-state index in [9.17, 15) is 14.4 Å². The average molecular weight is 537 g/mol. The molecule has 8 nitrogen and oxygen atoms in total. The third kappa shape index (κ3) is 4.93. The second-order valence-electron chi connectivity index (χ2n) is 10.5. The zero-order valence-electron chi connectivity index (χ0n) is 22.5. The second kappa shape index (κ2) is 10.9. The lowest BCUT2D eigenvalue weighted by atomic mass is 9.95. The number of hydrogen-bond acceptors (Lipinski definition) is 4. The summed E-state index contributed by atoms with van der Waals surface area (Å²) >= 11 is 0. The van der Waals surface area contributed by atoms with Crippen LogP contribution in [-0.2, 0) is 16.0 Å². The number of nitrogens with one attached hydrogen (secondary N) is 1. The van der Waals surface area contributed by atoms with Crippen molar-refractivity contribution in [3.8, 4) is 11.5 Å². The van der Waals surface area contributed by atoms with E-state index in [1.807, 2.05) is 89.8 Å². The van der Waals surface area contributed by atoms with Crippen molar-refractivity contribution in [2.24, 2.45) is 0 Å². The molecule has 0 aliphatic carbocycles. The Kier molecular flexibility index (Phi) is 6.99. The highest BCUT2D eigenvalue weighted by Gasteiger charge is 2.47. The number of nitrogens with zero attached hydrogens (tertiary/aromatic N) is 3. The van der Waals surface area contributed by atoms with Gasteiger partial charge in [0, 0.05) is 26.6 Å². The van der Waals surface area contributed by atoms with E-state index in [2.05, 4.69) is 5.32 Å². The molecule has 1 fully saturated rings. The summed E-state index contributed by atoms with van der Waals surface area (Å²) in [6.07, 6.45) is 2.35. The van der Waals surface area contributed by atoms with Crippen LogP contribution in [0.4, 0.5) is 4.79 Å². The molecule has 1 N–H and O–H groups in total. The third-order valence-electron chi connectivity index (χ3n) is 7.91. The number of carbonyl (C=O) groups excluding carboxylic acids is 3. The van der Waals surface area contributed by atoms with E-state index >= 15 is 0 Å². The molecule has 2 atom stereocenters. The van der Waals surface area contributed by atoms with Crippen LogP contribution in [0.3, 0.4) is 0 Å². The number of amides is 4. The molecule has 1 saturated heterocycles. The summed E-state index contributed by atoms with van der Waals surface area (Å²) in [5.74, 6) is 1.03. The Hall–Kier alpha value is -4.59.